The molecule has 1 unspecified atom stereocenters. The maximum absolute atomic E-state index is 14.2. The Labute approximate surface area is 170 Å². The highest BCUT2D eigenvalue weighted by molar-refractivity contribution is 5.68. The summed E-state index contributed by atoms with van der Waals surface area (Å²) in [6.45, 7) is 2.52. The van der Waals surface area contributed by atoms with E-state index in [0.717, 1.165) is 37.0 Å². The Morgan fingerprint density at radius 3 is 2.72 bits per heavy atom. The number of carboxylic acids is 1. The number of hydrogen-bond donors (Lipinski definition) is 1. The predicted octanol–water partition coefficient (Wildman–Crippen LogP) is 5.16. The fourth-order valence-corrected chi connectivity index (χ4v) is 4.00. The van der Waals surface area contributed by atoms with E-state index in [1.165, 1.54) is 13.3 Å². The van der Waals surface area contributed by atoms with Crippen LogP contribution in [0.2, 0.25) is 0 Å². The van der Waals surface area contributed by atoms with Crippen molar-refractivity contribution in [2.24, 2.45) is 5.92 Å². The van der Waals surface area contributed by atoms with Crippen molar-refractivity contribution in [1.29, 1.82) is 0 Å². The molecule has 2 aromatic rings. The zero-order valence-electron chi connectivity index (χ0n) is 16.9. The molecule has 1 aromatic heterocycles. The van der Waals surface area contributed by atoms with Gasteiger partial charge in [-0.2, -0.15) is 0 Å². The van der Waals surface area contributed by atoms with E-state index in [-0.39, 0.29) is 24.1 Å². The third kappa shape index (κ3) is 5.68. The van der Waals surface area contributed by atoms with Crippen molar-refractivity contribution in [2.75, 3.05) is 13.7 Å². The lowest BCUT2D eigenvalue weighted by molar-refractivity contribution is -0.137. The minimum Gasteiger partial charge on any atom is -0.493 e. The summed E-state index contributed by atoms with van der Waals surface area (Å²) >= 11 is 0. The van der Waals surface area contributed by atoms with E-state index in [4.69, 9.17) is 14.6 Å². The van der Waals surface area contributed by atoms with Crippen molar-refractivity contribution in [3.8, 4) is 11.6 Å². The summed E-state index contributed by atoms with van der Waals surface area (Å²) in [7, 11) is 1.54. The quantitative estimate of drug-likeness (QED) is 0.662. The standard InChI is InChI=1S/C23H28FNO4/c1-15(10-23(26)27)18-4-3-5-19(11-18)29-14-16-6-8-17(9-7-16)20-12-22(28-2)25-13-21(20)24/h3-5,11-13,15-17H,6-10,14H2,1-2H3,(H,26,27). The Morgan fingerprint density at radius 1 is 1.28 bits per heavy atom. The van der Waals surface area contributed by atoms with Crippen LogP contribution in [0.5, 0.6) is 11.6 Å². The molecule has 0 spiro atoms. The van der Waals surface area contributed by atoms with Gasteiger partial charge in [-0.1, -0.05) is 19.1 Å². The molecule has 0 radical (unpaired) electrons. The maximum atomic E-state index is 14.2. The third-order valence-electron chi connectivity index (χ3n) is 5.75. The number of ether oxygens (including phenoxy) is 2. The third-order valence-corrected chi connectivity index (χ3v) is 5.75. The first kappa shape index (κ1) is 21.1. The van der Waals surface area contributed by atoms with Gasteiger partial charge in [-0.25, -0.2) is 9.37 Å². The number of methoxy groups -OCH3 is 1. The van der Waals surface area contributed by atoms with Gasteiger partial charge in [0, 0.05) is 6.07 Å². The highest BCUT2D eigenvalue weighted by Gasteiger charge is 2.25. The minimum absolute atomic E-state index is 0.0567. The molecule has 29 heavy (non-hydrogen) atoms. The number of pyridine rings is 1. The lowest BCUT2D eigenvalue weighted by atomic mass is 9.79. The number of aliphatic carboxylic acids is 1. The van der Waals surface area contributed by atoms with Crippen molar-refractivity contribution in [1.82, 2.24) is 4.98 Å². The second kappa shape index (κ2) is 9.72. The number of halogens is 1. The van der Waals surface area contributed by atoms with Crippen LogP contribution in [0.15, 0.2) is 36.5 Å². The molecule has 1 heterocycles. The number of rotatable bonds is 8. The van der Waals surface area contributed by atoms with Crippen LogP contribution in [0.25, 0.3) is 0 Å². The van der Waals surface area contributed by atoms with Gasteiger partial charge in [0.1, 0.15) is 11.6 Å². The molecule has 1 aliphatic rings. The number of carbonyl (C=O) groups is 1. The van der Waals surface area contributed by atoms with E-state index in [2.05, 4.69) is 4.98 Å². The van der Waals surface area contributed by atoms with Crippen molar-refractivity contribution < 1.29 is 23.8 Å². The minimum atomic E-state index is -0.802. The Hall–Kier alpha value is -2.63. The average molecular weight is 401 g/mol. The largest absolute Gasteiger partial charge is 0.493 e. The lowest BCUT2D eigenvalue weighted by Gasteiger charge is -2.29. The molecule has 6 heteroatoms. The number of aromatic nitrogens is 1. The Balaban J connectivity index is 1.52. The van der Waals surface area contributed by atoms with Crippen molar-refractivity contribution in [3.05, 3.63) is 53.5 Å². The van der Waals surface area contributed by atoms with Gasteiger partial charge in [0.2, 0.25) is 5.88 Å². The van der Waals surface area contributed by atoms with Crippen LogP contribution in [-0.2, 0) is 4.79 Å². The first-order chi connectivity index (χ1) is 14.0. The van der Waals surface area contributed by atoms with Gasteiger partial charge >= 0.3 is 5.97 Å². The Bertz CT molecular complexity index is 833. The second-order valence-corrected chi connectivity index (χ2v) is 7.85. The maximum Gasteiger partial charge on any atom is 0.303 e. The van der Waals surface area contributed by atoms with Gasteiger partial charge in [-0.3, -0.25) is 4.79 Å². The number of benzene rings is 1. The molecule has 3 rings (SSSR count). The number of carboxylic acid groups (broad SMARTS) is 1. The number of hydrogen-bond acceptors (Lipinski definition) is 4. The molecule has 1 fully saturated rings. The van der Waals surface area contributed by atoms with Crippen LogP contribution >= 0.6 is 0 Å². The summed E-state index contributed by atoms with van der Waals surface area (Å²) in [5.41, 5.74) is 1.66. The van der Waals surface area contributed by atoms with E-state index < -0.39 is 5.97 Å². The van der Waals surface area contributed by atoms with E-state index in [9.17, 15) is 9.18 Å². The summed E-state index contributed by atoms with van der Waals surface area (Å²) in [6.07, 6.45) is 5.11. The molecular formula is C23H28FNO4. The molecule has 0 amide bonds. The zero-order valence-corrected chi connectivity index (χ0v) is 16.9. The molecule has 0 aliphatic heterocycles. The molecule has 5 nitrogen and oxygen atoms in total. The van der Waals surface area contributed by atoms with Gasteiger partial charge in [0.15, 0.2) is 0 Å². The molecule has 156 valence electrons. The molecular weight excluding hydrogens is 373 g/mol. The van der Waals surface area contributed by atoms with E-state index in [1.54, 1.807) is 6.07 Å². The summed E-state index contributed by atoms with van der Waals surface area (Å²) in [5, 5.41) is 8.97. The normalized spacial score (nSPS) is 20.1. The van der Waals surface area contributed by atoms with E-state index in [0.29, 0.717) is 24.0 Å². The smallest absolute Gasteiger partial charge is 0.303 e. The first-order valence-corrected chi connectivity index (χ1v) is 10.1. The molecule has 0 saturated heterocycles. The van der Waals surface area contributed by atoms with E-state index >= 15 is 0 Å². The molecule has 0 bridgehead atoms. The summed E-state index contributed by atoms with van der Waals surface area (Å²) < 4.78 is 25.3. The fraction of sp³-hybridized carbons (Fsp3) is 0.478. The summed E-state index contributed by atoms with van der Waals surface area (Å²) in [4.78, 5) is 14.8. The van der Waals surface area contributed by atoms with Crippen LogP contribution in [-0.4, -0.2) is 29.8 Å². The molecule has 1 saturated carbocycles. The number of nitrogens with zero attached hydrogens (tertiary/aromatic N) is 1. The van der Waals surface area contributed by atoms with Crippen LogP contribution in [0.1, 0.15) is 62.0 Å². The molecule has 1 atom stereocenters. The highest BCUT2D eigenvalue weighted by atomic mass is 19.1. The van der Waals surface area contributed by atoms with E-state index in [1.807, 2.05) is 31.2 Å². The topological polar surface area (TPSA) is 68.7 Å². The van der Waals surface area contributed by atoms with Crippen LogP contribution in [0.4, 0.5) is 4.39 Å². The lowest BCUT2D eigenvalue weighted by Crippen LogP contribution is -2.20. The van der Waals surface area contributed by atoms with Crippen LogP contribution in [0.3, 0.4) is 0 Å². The van der Waals surface area contributed by atoms with Gasteiger partial charge in [0.05, 0.1) is 26.3 Å². The van der Waals surface area contributed by atoms with Crippen molar-refractivity contribution >= 4 is 5.97 Å². The summed E-state index contributed by atoms with van der Waals surface area (Å²) in [5.74, 6) is 0.706. The zero-order chi connectivity index (χ0) is 20.8. The summed E-state index contributed by atoms with van der Waals surface area (Å²) in [6, 6.07) is 9.38. The van der Waals surface area contributed by atoms with Gasteiger partial charge in [-0.05, 0) is 66.7 Å². The fourth-order valence-electron chi connectivity index (χ4n) is 4.00. The predicted molar refractivity (Wildman–Crippen MR) is 108 cm³/mol. The van der Waals surface area contributed by atoms with Gasteiger partial charge in [0.25, 0.3) is 0 Å². The highest BCUT2D eigenvalue weighted by Crippen LogP contribution is 2.38. The molecule has 1 aromatic carbocycles. The van der Waals surface area contributed by atoms with Crippen molar-refractivity contribution in [2.45, 2.75) is 50.9 Å². The van der Waals surface area contributed by atoms with Crippen molar-refractivity contribution in [3.63, 3.8) is 0 Å². The Kier molecular flexibility index (Phi) is 7.07. The molecule has 1 N–H and O–H groups in total. The molecule has 1 aliphatic carbocycles. The first-order valence-electron chi connectivity index (χ1n) is 10.1. The SMILES string of the molecule is COc1cc(C2CCC(COc3cccc(C(C)CC(=O)O)c3)CC2)c(F)cn1. The van der Waals surface area contributed by atoms with Crippen LogP contribution < -0.4 is 9.47 Å². The van der Waals surface area contributed by atoms with Gasteiger partial charge in [-0.15, -0.1) is 0 Å². The van der Waals surface area contributed by atoms with Gasteiger partial charge < -0.3 is 14.6 Å². The monoisotopic (exact) mass is 401 g/mol. The Morgan fingerprint density at radius 2 is 2.03 bits per heavy atom. The average Bonchev–Trinajstić information content (AvgIpc) is 2.73. The van der Waals surface area contributed by atoms with Crippen LogP contribution in [0, 0.1) is 11.7 Å². The second-order valence-electron chi connectivity index (χ2n) is 7.85.